The molecule has 1 aromatic carbocycles. The molecule has 0 saturated carbocycles. The molecule has 1 atom stereocenters. The lowest BCUT2D eigenvalue weighted by Crippen LogP contribution is -2.43. The number of nitrogens with one attached hydrogen (secondary N) is 1. The van der Waals surface area contributed by atoms with Gasteiger partial charge in [0.25, 0.3) is 5.91 Å². The number of likely N-dealkylation sites (tertiary alicyclic amines) is 1. The van der Waals surface area contributed by atoms with Crippen molar-refractivity contribution in [1.29, 1.82) is 0 Å². The molecule has 3 N–H and O–H groups in total. The highest BCUT2D eigenvalue weighted by Crippen LogP contribution is 2.24. The Bertz CT molecular complexity index is 811. The first-order valence-corrected chi connectivity index (χ1v) is 9.63. The summed E-state index contributed by atoms with van der Waals surface area (Å²) in [6, 6.07) is 7.70. The maximum atomic E-state index is 13.0. The molecule has 0 aliphatic carbocycles. The summed E-state index contributed by atoms with van der Waals surface area (Å²) in [7, 11) is 0. The van der Waals surface area contributed by atoms with Crippen molar-refractivity contribution in [3.05, 3.63) is 47.9 Å². The van der Waals surface area contributed by atoms with Crippen LogP contribution in [0.15, 0.2) is 36.5 Å². The van der Waals surface area contributed by atoms with E-state index < -0.39 is 0 Å². The minimum absolute atomic E-state index is 0.149. The molecule has 1 aromatic heterocycles. The van der Waals surface area contributed by atoms with Gasteiger partial charge in [-0.3, -0.25) is 4.79 Å². The van der Waals surface area contributed by atoms with Gasteiger partial charge in [-0.1, -0.05) is 0 Å². The van der Waals surface area contributed by atoms with Crippen LogP contribution in [0.25, 0.3) is 0 Å². The van der Waals surface area contributed by atoms with Crippen molar-refractivity contribution in [1.82, 2.24) is 15.2 Å². The average Bonchev–Trinajstić information content (AvgIpc) is 2.69. The molecule has 1 aliphatic heterocycles. The molecule has 0 spiro atoms. The van der Waals surface area contributed by atoms with Crippen molar-refractivity contribution in [3.63, 3.8) is 0 Å². The molecule has 1 amide bonds. The molecule has 2 heterocycles. The van der Waals surface area contributed by atoms with Crippen LogP contribution in [-0.4, -0.2) is 41.5 Å². The summed E-state index contributed by atoms with van der Waals surface area (Å²) in [5, 5.41) is 2.98. The first-order chi connectivity index (χ1) is 13.4. The number of benzene rings is 1. The van der Waals surface area contributed by atoms with Crippen LogP contribution in [0.1, 0.15) is 37.0 Å². The fourth-order valence-corrected chi connectivity index (χ4v) is 3.40. The van der Waals surface area contributed by atoms with Gasteiger partial charge in [-0.05, 0) is 69.5 Å². The Morgan fingerprint density at radius 2 is 2.11 bits per heavy atom. The van der Waals surface area contributed by atoms with Crippen molar-refractivity contribution in [2.24, 2.45) is 5.92 Å². The number of hydrogen-bond acceptors (Lipinski definition) is 5. The van der Waals surface area contributed by atoms with Crippen molar-refractivity contribution >= 4 is 11.7 Å². The van der Waals surface area contributed by atoms with Crippen molar-refractivity contribution < 1.29 is 13.9 Å². The molecule has 2 aromatic rings. The summed E-state index contributed by atoms with van der Waals surface area (Å²) in [6.07, 6.45) is 3.69. The van der Waals surface area contributed by atoms with Gasteiger partial charge in [0.15, 0.2) is 0 Å². The van der Waals surface area contributed by atoms with E-state index in [0.717, 1.165) is 25.9 Å². The summed E-state index contributed by atoms with van der Waals surface area (Å²) >= 11 is 0. The second-order valence-electron chi connectivity index (χ2n) is 7.47. The number of nitrogen functional groups attached to an aromatic ring is 1. The van der Waals surface area contributed by atoms with E-state index >= 15 is 0 Å². The van der Waals surface area contributed by atoms with Crippen LogP contribution in [0.3, 0.4) is 0 Å². The van der Waals surface area contributed by atoms with Gasteiger partial charge >= 0.3 is 0 Å². The maximum Gasteiger partial charge on any atom is 0.255 e. The highest BCUT2D eigenvalue weighted by molar-refractivity contribution is 5.98. The number of hydrogen-bond donors (Lipinski definition) is 2. The average molecular weight is 386 g/mol. The predicted octanol–water partition coefficient (Wildman–Crippen LogP) is 3.45. The lowest BCUT2D eigenvalue weighted by atomic mass is 9.97. The minimum atomic E-state index is -0.346. The second kappa shape index (κ2) is 9.01. The topological polar surface area (TPSA) is 80.5 Å². The van der Waals surface area contributed by atoms with Crippen LogP contribution in [0.5, 0.6) is 11.5 Å². The second-order valence-corrected chi connectivity index (χ2v) is 7.47. The number of nitrogens with two attached hydrogens (primary N) is 1. The largest absolute Gasteiger partial charge is 0.456 e. The van der Waals surface area contributed by atoms with Crippen LogP contribution in [0.2, 0.25) is 0 Å². The fraction of sp³-hybridized carbons (Fsp3) is 0.429. The fourth-order valence-electron chi connectivity index (χ4n) is 3.40. The van der Waals surface area contributed by atoms with Crippen LogP contribution < -0.4 is 15.8 Å². The van der Waals surface area contributed by atoms with Gasteiger partial charge in [-0.2, -0.15) is 0 Å². The normalized spacial score (nSPS) is 17.5. The number of nitrogens with zero attached hydrogens (tertiary/aromatic N) is 2. The Labute approximate surface area is 164 Å². The van der Waals surface area contributed by atoms with E-state index in [2.05, 4.69) is 29.0 Å². The third-order valence-electron chi connectivity index (χ3n) is 5.02. The number of rotatable bonds is 6. The van der Waals surface area contributed by atoms with E-state index in [4.69, 9.17) is 10.5 Å². The Morgan fingerprint density at radius 1 is 1.36 bits per heavy atom. The minimum Gasteiger partial charge on any atom is -0.456 e. The monoisotopic (exact) mass is 386 g/mol. The highest BCUT2D eigenvalue weighted by atomic mass is 19.1. The molecular weight excluding hydrogens is 359 g/mol. The number of ether oxygens (including phenoxy) is 1. The van der Waals surface area contributed by atoms with Gasteiger partial charge in [-0.15, -0.1) is 0 Å². The molecule has 3 rings (SSSR count). The third-order valence-corrected chi connectivity index (χ3v) is 5.02. The van der Waals surface area contributed by atoms with Crippen molar-refractivity contribution in [3.8, 4) is 11.5 Å². The SMILES string of the molecule is CC(C)N1CCCC(CNC(=O)c2cc(Oc3ccc(F)cc3)cnc2N)C1. The Morgan fingerprint density at radius 3 is 2.82 bits per heavy atom. The molecule has 7 heteroatoms. The van der Waals surface area contributed by atoms with Gasteiger partial charge in [0.05, 0.1) is 11.8 Å². The number of amides is 1. The first-order valence-electron chi connectivity index (χ1n) is 9.63. The van der Waals surface area contributed by atoms with Crippen LogP contribution in [0, 0.1) is 11.7 Å². The Kier molecular flexibility index (Phi) is 6.46. The van der Waals surface area contributed by atoms with Crippen LogP contribution in [-0.2, 0) is 0 Å². The molecule has 1 fully saturated rings. The number of piperidine rings is 1. The standard InChI is InChI=1S/C21H27FN4O2/c1-14(2)26-9-3-4-15(13-26)11-25-21(27)19-10-18(12-24-20(19)23)28-17-7-5-16(22)6-8-17/h5-8,10,12,14-15H,3-4,9,11,13H2,1-2H3,(H2,23,24)(H,25,27). The summed E-state index contributed by atoms with van der Waals surface area (Å²) in [5.74, 6) is 0.784. The van der Waals surface area contributed by atoms with Crippen LogP contribution in [0.4, 0.5) is 10.2 Å². The molecule has 150 valence electrons. The number of aromatic nitrogens is 1. The van der Waals surface area contributed by atoms with Gasteiger partial charge in [-0.25, -0.2) is 9.37 Å². The van der Waals surface area contributed by atoms with E-state index in [1.807, 2.05) is 0 Å². The highest BCUT2D eigenvalue weighted by Gasteiger charge is 2.22. The Hall–Kier alpha value is -2.67. The van der Waals surface area contributed by atoms with Crippen molar-refractivity contribution in [2.45, 2.75) is 32.7 Å². The van der Waals surface area contributed by atoms with E-state index in [1.165, 1.54) is 30.5 Å². The zero-order chi connectivity index (χ0) is 20.1. The zero-order valence-corrected chi connectivity index (χ0v) is 16.3. The lowest BCUT2D eigenvalue weighted by Gasteiger charge is -2.35. The molecule has 1 aliphatic rings. The van der Waals surface area contributed by atoms with Gasteiger partial charge in [0, 0.05) is 19.1 Å². The number of anilines is 1. The van der Waals surface area contributed by atoms with Crippen LogP contribution >= 0.6 is 0 Å². The number of halogens is 1. The molecular formula is C21H27FN4O2. The number of carbonyl (C=O) groups excluding carboxylic acids is 1. The maximum absolute atomic E-state index is 13.0. The summed E-state index contributed by atoms with van der Waals surface area (Å²) in [6.45, 7) is 7.09. The smallest absolute Gasteiger partial charge is 0.255 e. The summed E-state index contributed by atoms with van der Waals surface area (Å²) < 4.78 is 18.7. The molecule has 0 bridgehead atoms. The zero-order valence-electron chi connectivity index (χ0n) is 16.3. The third kappa shape index (κ3) is 5.19. The van der Waals surface area contributed by atoms with Crippen molar-refractivity contribution in [2.75, 3.05) is 25.4 Å². The van der Waals surface area contributed by atoms with Gasteiger partial charge < -0.3 is 20.7 Å². The predicted molar refractivity (Wildman–Crippen MR) is 107 cm³/mol. The van der Waals surface area contributed by atoms with Gasteiger partial charge in [0.1, 0.15) is 23.1 Å². The molecule has 1 unspecified atom stereocenters. The van der Waals surface area contributed by atoms with E-state index in [1.54, 1.807) is 6.07 Å². The lowest BCUT2D eigenvalue weighted by molar-refractivity contribution is 0.0923. The van der Waals surface area contributed by atoms with Gasteiger partial charge in [0.2, 0.25) is 0 Å². The first kappa shape index (κ1) is 20.1. The van der Waals surface area contributed by atoms with E-state index in [-0.39, 0.29) is 23.1 Å². The molecule has 0 radical (unpaired) electrons. The Balaban J connectivity index is 1.62. The summed E-state index contributed by atoms with van der Waals surface area (Å²) in [5.41, 5.74) is 6.16. The molecule has 1 saturated heterocycles. The molecule has 28 heavy (non-hydrogen) atoms. The molecule has 6 nitrogen and oxygen atoms in total. The quantitative estimate of drug-likeness (QED) is 0.795. The van der Waals surface area contributed by atoms with E-state index in [9.17, 15) is 9.18 Å². The number of pyridine rings is 1. The van der Waals surface area contributed by atoms with E-state index in [0.29, 0.717) is 30.0 Å². The summed E-state index contributed by atoms with van der Waals surface area (Å²) in [4.78, 5) is 19.1. The number of carbonyl (C=O) groups is 1.